The summed E-state index contributed by atoms with van der Waals surface area (Å²) in [5, 5.41) is 0. The van der Waals surface area contributed by atoms with Crippen molar-refractivity contribution in [2.45, 2.75) is 58.7 Å². The largest absolute Gasteiger partial charge is 0.491 e. The molecule has 4 heteroatoms. The van der Waals surface area contributed by atoms with E-state index in [2.05, 4.69) is 13.8 Å². The molecule has 1 aliphatic heterocycles. The van der Waals surface area contributed by atoms with Crippen LogP contribution in [0.2, 0.25) is 0 Å². The van der Waals surface area contributed by atoms with Crippen molar-refractivity contribution in [3.63, 3.8) is 0 Å². The Kier molecular flexibility index (Phi) is 5.46. The van der Waals surface area contributed by atoms with Gasteiger partial charge in [-0.25, -0.2) is 0 Å². The predicted octanol–water partition coefficient (Wildman–Crippen LogP) is 3.12. The number of rotatable bonds is 6. The van der Waals surface area contributed by atoms with E-state index in [1.807, 2.05) is 43.0 Å². The highest BCUT2D eigenvalue weighted by molar-refractivity contribution is 5.80. The first-order valence-electron chi connectivity index (χ1n) is 8.20. The molecule has 0 aromatic heterocycles. The van der Waals surface area contributed by atoms with E-state index >= 15 is 0 Å². The molecule has 0 saturated carbocycles. The first-order valence-corrected chi connectivity index (χ1v) is 8.20. The molecular formula is C18H28N2O2. The second kappa shape index (κ2) is 7.14. The van der Waals surface area contributed by atoms with Gasteiger partial charge in [-0.05, 0) is 43.9 Å². The number of nitrogens with two attached hydrogens (primary N) is 1. The standard InChI is InChI=1S/C18H28N2O2/c1-12(2)9-10-20-17(21)11-16(19)18(20)14-5-7-15(8-6-14)22-13(3)4/h5-8,12-13,16,18H,9-11,19H2,1-4H3. The third kappa shape index (κ3) is 4.01. The molecule has 1 amide bonds. The van der Waals surface area contributed by atoms with Crippen LogP contribution in [0.1, 0.15) is 52.1 Å². The lowest BCUT2D eigenvalue weighted by Crippen LogP contribution is -2.34. The number of nitrogens with zero attached hydrogens (tertiary/aromatic N) is 1. The zero-order valence-corrected chi connectivity index (χ0v) is 14.1. The van der Waals surface area contributed by atoms with Crippen molar-refractivity contribution in [2.24, 2.45) is 11.7 Å². The lowest BCUT2D eigenvalue weighted by atomic mass is 10.00. The van der Waals surface area contributed by atoms with Gasteiger partial charge in [0.05, 0.1) is 12.1 Å². The molecule has 22 heavy (non-hydrogen) atoms. The fourth-order valence-corrected chi connectivity index (χ4v) is 2.92. The molecule has 0 spiro atoms. The van der Waals surface area contributed by atoms with Gasteiger partial charge in [0.2, 0.25) is 5.91 Å². The van der Waals surface area contributed by atoms with Gasteiger partial charge >= 0.3 is 0 Å². The zero-order valence-electron chi connectivity index (χ0n) is 14.1. The van der Waals surface area contributed by atoms with Crippen molar-refractivity contribution in [1.29, 1.82) is 0 Å². The van der Waals surface area contributed by atoms with Gasteiger partial charge in [-0.2, -0.15) is 0 Å². The van der Waals surface area contributed by atoms with Gasteiger partial charge in [-0.1, -0.05) is 26.0 Å². The highest BCUT2D eigenvalue weighted by Gasteiger charge is 2.38. The SMILES string of the molecule is CC(C)CCN1C(=O)CC(N)C1c1ccc(OC(C)C)cc1. The molecule has 122 valence electrons. The van der Waals surface area contributed by atoms with E-state index in [0.717, 1.165) is 24.3 Å². The highest BCUT2D eigenvalue weighted by Crippen LogP contribution is 2.33. The molecule has 1 saturated heterocycles. The van der Waals surface area contributed by atoms with Gasteiger partial charge in [0.1, 0.15) is 5.75 Å². The van der Waals surface area contributed by atoms with Crippen LogP contribution in [0.15, 0.2) is 24.3 Å². The molecule has 2 N–H and O–H groups in total. The summed E-state index contributed by atoms with van der Waals surface area (Å²) in [7, 11) is 0. The van der Waals surface area contributed by atoms with Crippen LogP contribution in [0.5, 0.6) is 5.75 Å². The minimum atomic E-state index is -0.128. The maximum atomic E-state index is 12.2. The lowest BCUT2D eigenvalue weighted by molar-refractivity contribution is -0.129. The van der Waals surface area contributed by atoms with Crippen molar-refractivity contribution in [3.05, 3.63) is 29.8 Å². The molecule has 1 heterocycles. The van der Waals surface area contributed by atoms with Crippen LogP contribution in [0.4, 0.5) is 0 Å². The number of carbonyl (C=O) groups is 1. The Hall–Kier alpha value is -1.55. The van der Waals surface area contributed by atoms with Crippen LogP contribution in [0.3, 0.4) is 0 Å². The first-order chi connectivity index (χ1) is 10.4. The van der Waals surface area contributed by atoms with Crippen LogP contribution >= 0.6 is 0 Å². The summed E-state index contributed by atoms with van der Waals surface area (Å²) >= 11 is 0. The summed E-state index contributed by atoms with van der Waals surface area (Å²) in [4.78, 5) is 14.2. The van der Waals surface area contributed by atoms with Gasteiger partial charge < -0.3 is 15.4 Å². The minimum absolute atomic E-state index is 0.0145. The Bertz CT molecular complexity index is 496. The Morgan fingerprint density at radius 1 is 1.23 bits per heavy atom. The Balaban J connectivity index is 2.14. The minimum Gasteiger partial charge on any atom is -0.491 e. The number of hydrogen-bond acceptors (Lipinski definition) is 3. The summed E-state index contributed by atoms with van der Waals surface area (Å²) in [5.74, 6) is 1.60. The molecule has 2 rings (SSSR count). The van der Waals surface area contributed by atoms with Gasteiger partial charge in [0.25, 0.3) is 0 Å². The Labute approximate surface area is 133 Å². The summed E-state index contributed by atoms with van der Waals surface area (Å²) < 4.78 is 5.67. The number of benzene rings is 1. The maximum Gasteiger partial charge on any atom is 0.224 e. The molecule has 1 fully saturated rings. The smallest absolute Gasteiger partial charge is 0.224 e. The summed E-state index contributed by atoms with van der Waals surface area (Å²) in [6, 6.07) is 7.85. The van der Waals surface area contributed by atoms with Crippen LogP contribution in [-0.2, 0) is 4.79 Å². The highest BCUT2D eigenvalue weighted by atomic mass is 16.5. The Morgan fingerprint density at radius 3 is 2.41 bits per heavy atom. The van der Waals surface area contributed by atoms with E-state index in [1.54, 1.807) is 0 Å². The number of amides is 1. The zero-order chi connectivity index (χ0) is 16.3. The molecule has 0 radical (unpaired) electrons. The molecule has 1 aromatic carbocycles. The predicted molar refractivity (Wildman–Crippen MR) is 88.7 cm³/mol. The van der Waals surface area contributed by atoms with Crippen molar-refractivity contribution in [2.75, 3.05) is 6.54 Å². The van der Waals surface area contributed by atoms with E-state index in [1.165, 1.54) is 0 Å². The maximum absolute atomic E-state index is 12.2. The quantitative estimate of drug-likeness (QED) is 0.878. The first kappa shape index (κ1) is 16.8. The van der Waals surface area contributed by atoms with Crippen molar-refractivity contribution in [3.8, 4) is 5.75 Å². The van der Waals surface area contributed by atoms with E-state index in [4.69, 9.17) is 10.5 Å². The van der Waals surface area contributed by atoms with E-state index in [-0.39, 0.29) is 24.1 Å². The molecule has 2 atom stereocenters. The lowest BCUT2D eigenvalue weighted by Gasteiger charge is -2.28. The molecule has 1 aliphatic rings. The number of ether oxygens (including phenoxy) is 1. The van der Waals surface area contributed by atoms with E-state index < -0.39 is 0 Å². The molecular weight excluding hydrogens is 276 g/mol. The van der Waals surface area contributed by atoms with Crippen LogP contribution in [-0.4, -0.2) is 29.5 Å². The van der Waals surface area contributed by atoms with Crippen molar-refractivity contribution >= 4 is 5.91 Å². The van der Waals surface area contributed by atoms with E-state index in [0.29, 0.717) is 12.3 Å². The van der Waals surface area contributed by atoms with Crippen LogP contribution < -0.4 is 10.5 Å². The number of hydrogen-bond donors (Lipinski definition) is 1. The second-order valence-electron chi connectivity index (χ2n) is 6.82. The van der Waals surface area contributed by atoms with E-state index in [9.17, 15) is 4.79 Å². The van der Waals surface area contributed by atoms with Crippen LogP contribution in [0.25, 0.3) is 0 Å². The van der Waals surface area contributed by atoms with Gasteiger partial charge in [-0.3, -0.25) is 4.79 Å². The van der Waals surface area contributed by atoms with Gasteiger partial charge in [0, 0.05) is 19.0 Å². The third-order valence-electron chi connectivity index (χ3n) is 4.01. The summed E-state index contributed by atoms with van der Waals surface area (Å²) in [6.45, 7) is 9.14. The third-order valence-corrected chi connectivity index (χ3v) is 4.01. The molecule has 4 nitrogen and oxygen atoms in total. The fraction of sp³-hybridized carbons (Fsp3) is 0.611. The second-order valence-corrected chi connectivity index (χ2v) is 6.82. The summed E-state index contributed by atoms with van der Waals surface area (Å²) in [5.41, 5.74) is 7.32. The molecule has 0 aliphatic carbocycles. The van der Waals surface area contributed by atoms with Gasteiger partial charge in [-0.15, -0.1) is 0 Å². The van der Waals surface area contributed by atoms with Crippen molar-refractivity contribution < 1.29 is 9.53 Å². The average molecular weight is 304 g/mol. The topological polar surface area (TPSA) is 55.6 Å². The Morgan fingerprint density at radius 2 is 1.86 bits per heavy atom. The molecule has 0 bridgehead atoms. The van der Waals surface area contributed by atoms with Crippen molar-refractivity contribution in [1.82, 2.24) is 4.90 Å². The average Bonchev–Trinajstić information content (AvgIpc) is 2.71. The number of carbonyl (C=O) groups excluding carboxylic acids is 1. The fourth-order valence-electron chi connectivity index (χ4n) is 2.92. The normalized spacial score (nSPS) is 22.0. The molecule has 1 aromatic rings. The van der Waals surface area contributed by atoms with Crippen LogP contribution in [0, 0.1) is 5.92 Å². The van der Waals surface area contributed by atoms with Gasteiger partial charge in [0.15, 0.2) is 0 Å². The molecule has 2 unspecified atom stereocenters. The monoisotopic (exact) mass is 304 g/mol. The summed E-state index contributed by atoms with van der Waals surface area (Å²) in [6.07, 6.45) is 1.60. The number of likely N-dealkylation sites (tertiary alicyclic amines) is 1.